The van der Waals surface area contributed by atoms with Gasteiger partial charge in [-0.25, -0.2) is 0 Å². The Labute approximate surface area is 119 Å². The number of unbranched alkanes of at least 4 members (excludes halogenated alkanes) is 2. The minimum atomic E-state index is 0.171. The first kappa shape index (κ1) is 16.5. The number of ketones is 1. The van der Waals surface area contributed by atoms with Crippen molar-refractivity contribution < 1.29 is 4.79 Å². The molecule has 1 heteroatoms. The van der Waals surface area contributed by atoms with Crippen LogP contribution in [0.1, 0.15) is 86.0 Å². The summed E-state index contributed by atoms with van der Waals surface area (Å²) in [7, 11) is 0. The predicted molar refractivity (Wildman–Crippen MR) is 83.3 cm³/mol. The van der Waals surface area contributed by atoms with Crippen LogP contribution < -0.4 is 0 Å². The summed E-state index contributed by atoms with van der Waals surface area (Å²) in [5.74, 6) is 0.967. The van der Waals surface area contributed by atoms with Crippen molar-refractivity contribution in [2.45, 2.75) is 86.0 Å². The van der Waals surface area contributed by atoms with Gasteiger partial charge in [-0.1, -0.05) is 59.0 Å². The van der Waals surface area contributed by atoms with E-state index in [2.05, 4.69) is 34.6 Å². The highest BCUT2D eigenvalue weighted by atomic mass is 16.1. The second-order valence-electron chi connectivity index (χ2n) is 7.12. The summed E-state index contributed by atoms with van der Waals surface area (Å²) in [4.78, 5) is 12.5. The van der Waals surface area contributed by atoms with Crippen LogP contribution in [0.2, 0.25) is 0 Å². The van der Waals surface area contributed by atoms with Crippen LogP contribution >= 0.6 is 0 Å². The monoisotopic (exact) mass is 264 g/mol. The standard InChI is InChI=1S/C18H32O/c1-6-8-10-15(11-9-7-2)17-14(3)12-18(4,5)13-16(17)19/h15H,6-13H2,1-5H3. The molecule has 19 heavy (non-hydrogen) atoms. The second-order valence-corrected chi connectivity index (χ2v) is 7.12. The molecule has 0 amide bonds. The van der Waals surface area contributed by atoms with Gasteiger partial charge >= 0.3 is 0 Å². The zero-order chi connectivity index (χ0) is 14.5. The van der Waals surface area contributed by atoms with Crippen molar-refractivity contribution in [3.05, 3.63) is 11.1 Å². The average molecular weight is 264 g/mol. The van der Waals surface area contributed by atoms with E-state index in [0.29, 0.717) is 11.7 Å². The van der Waals surface area contributed by atoms with Crippen LogP contribution in [-0.4, -0.2) is 5.78 Å². The number of carbonyl (C=O) groups is 1. The van der Waals surface area contributed by atoms with Crippen LogP contribution in [0.3, 0.4) is 0 Å². The lowest BCUT2D eigenvalue weighted by Crippen LogP contribution is -2.28. The van der Waals surface area contributed by atoms with Gasteiger partial charge in [-0.15, -0.1) is 0 Å². The van der Waals surface area contributed by atoms with Crippen molar-refractivity contribution in [1.29, 1.82) is 0 Å². The van der Waals surface area contributed by atoms with Crippen LogP contribution in [-0.2, 0) is 4.79 Å². The first-order valence-electron chi connectivity index (χ1n) is 8.14. The molecule has 0 heterocycles. The molecule has 110 valence electrons. The quantitative estimate of drug-likeness (QED) is 0.577. The fourth-order valence-corrected chi connectivity index (χ4v) is 3.55. The van der Waals surface area contributed by atoms with Crippen LogP contribution in [0.15, 0.2) is 11.1 Å². The molecule has 0 atom stereocenters. The smallest absolute Gasteiger partial charge is 0.159 e. The maximum Gasteiger partial charge on any atom is 0.159 e. The fraction of sp³-hybridized carbons (Fsp3) is 0.833. The zero-order valence-corrected chi connectivity index (χ0v) is 13.6. The molecule has 1 nitrogen and oxygen atoms in total. The second kappa shape index (κ2) is 7.26. The van der Waals surface area contributed by atoms with Gasteiger partial charge in [0, 0.05) is 6.42 Å². The third-order valence-corrected chi connectivity index (χ3v) is 4.36. The normalized spacial score (nSPS) is 19.4. The number of allylic oxidation sites excluding steroid dienone is 2. The van der Waals surface area contributed by atoms with Gasteiger partial charge in [0.2, 0.25) is 0 Å². The SMILES string of the molecule is CCCCC(CCCC)C1=C(C)CC(C)(C)CC1=O. The van der Waals surface area contributed by atoms with Crippen molar-refractivity contribution in [3.63, 3.8) is 0 Å². The molecular weight excluding hydrogens is 232 g/mol. The highest BCUT2D eigenvalue weighted by molar-refractivity contribution is 5.97. The summed E-state index contributed by atoms with van der Waals surface area (Å²) in [6, 6.07) is 0. The number of hydrogen-bond donors (Lipinski definition) is 0. The molecule has 0 unspecified atom stereocenters. The lowest BCUT2D eigenvalue weighted by molar-refractivity contribution is -0.118. The Bertz CT molecular complexity index is 328. The maximum atomic E-state index is 12.5. The summed E-state index contributed by atoms with van der Waals surface area (Å²) in [6.45, 7) is 11.1. The number of hydrogen-bond acceptors (Lipinski definition) is 1. The molecule has 0 aromatic carbocycles. The van der Waals surface area contributed by atoms with E-state index in [4.69, 9.17) is 0 Å². The third-order valence-electron chi connectivity index (χ3n) is 4.36. The molecule has 0 aliphatic heterocycles. The lowest BCUT2D eigenvalue weighted by Gasteiger charge is -2.34. The summed E-state index contributed by atoms with van der Waals surface area (Å²) in [6.07, 6.45) is 9.22. The van der Waals surface area contributed by atoms with E-state index in [1.165, 1.54) is 49.7 Å². The summed E-state index contributed by atoms with van der Waals surface area (Å²) in [5.41, 5.74) is 2.75. The van der Waals surface area contributed by atoms with Crippen molar-refractivity contribution in [2.75, 3.05) is 0 Å². The Morgan fingerprint density at radius 3 is 2.00 bits per heavy atom. The maximum absolute atomic E-state index is 12.5. The van der Waals surface area contributed by atoms with Crippen LogP contribution in [0.5, 0.6) is 0 Å². The van der Waals surface area contributed by atoms with Crippen LogP contribution in [0.4, 0.5) is 0 Å². The molecule has 1 rings (SSSR count). The summed E-state index contributed by atoms with van der Waals surface area (Å²) < 4.78 is 0. The molecular formula is C18H32O. The van der Waals surface area contributed by atoms with Crippen molar-refractivity contribution >= 4 is 5.78 Å². The zero-order valence-electron chi connectivity index (χ0n) is 13.6. The molecule has 0 aromatic rings. The van der Waals surface area contributed by atoms with Gasteiger partial charge in [0.15, 0.2) is 5.78 Å². The van der Waals surface area contributed by atoms with E-state index >= 15 is 0 Å². The molecule has 0 saturated heterocycles. The predicted octanol–water partition coefficient (Wildman–Crippen LogP) is 5.69. The van der Waals surface area contributed by atoms with E-state index in [9.17, 15) is 4.79 Å². The topological polar surface area (TPSA) is 17.1 Å². The fourth-order valence-electron chi connectivity index (χ4n) is 3.55. The molecule has 0 spiro atoms. The van der Waals surface area contributed by atoms with Gasteiger partial charge < -0.3 is 0 Å². The van der Waals surface area contributed by atoms with E-state index in [-0.39, 0.29) is 5.41 Å². The Morgan fingerprint density at radius 1 is 1.05 bits per heavy atom. The molecule has 0 bridgehead atoms. The highest BCUT2D eigenvalue weighted by Crippen LogP contribution is 2.41. The van der Waals surface area contributed by atoms with Gasteiger partial charge in [0.1, 0.15) is 0 Å². The average Bonchev–Trinajstić information content (AvgIpc) is 2.29. The Morgan fingerprint density at radius 2 is 1.58 bits per heavy atom. The van der Waals surface area contributed by atoms with Crippen LogP contribution in [0.25, 0.3) is 0 Å². The Balaban J connectivity index is 2.89. The first-order valence-corrected chi connectivity index (χ1v) is 8.14. The highest BCUT2D eigenvalue weighted by Gasteiger charge is 2.33. The molecule has 1 aliphatic rings. The molecule has 1 aliphatic carbocycles. The minimum absolute atomic E-state index is 0.171. The van der Waals surface area contributed by atoms with Gasteiger partial charge in [-0.05, 0) is 43.1 Å². The van der Waals surface area contributed by atoms with E-state index < -0.39 is 0 Å². The minimum Gasteiger partial charge on any atom is -0.295 e. The molecule has 0 N–H and O–H groups in total. The number of carbonyl (C=O) groups excluding carboxylic acids is 1. The van der Waals surface area contributed by atoms with Gasteiger partial charge in [0.25, 0.3) is 0 Å². The van der Waals surface area contributed by atoms with Gasteiger partial charge in [0.05, 0.1) is 0 Å². The Kier molecular flexibility index (Phi) is 6.29. The molecule has 0 saturated carbocycles. The van der Waals surface area contributed by atoms with Crippen molar-refractivity contribution in [1.82, 2.24) is 0 Å². The molecule has 0 aromatic heterocycles. The van der Waals surface area contributed by atoms with Crippen LogP contribution in [0, 0.1) is 11.3 Å². The van der Waals surface area contributed by atoms with Gasteiger partial charge in [-0.3, -0.25) is 4.79 Å². The molecule has 0 fully saturated rings. The summed E-state index contributed by atoms with van der Waals surface area (Å²) in [5, 5.41) is 0. The summed E-state index contributed by atoms with van der Waals surface area (Å²) >= 11 is 0. The first-order chi connectivity index (χ1) is 8.91. The van der Waals surface area contributed by atoms with E-state index in [1.54, 1.807) is 0 Å². The van der Waals surface area contributed by atoms with Crippen molar-refractivity contribution in [2.24, 2.45) is 11.3 Å². The number of Topliss-reactive ketones (excluding diaryl/α,β-unsaturated/α-hetero) is 1. The van der Waals surface area contributed by atoms with E-state index in [1.807, 2.05) is 0 Å². The van der Waals surface area contributed by atoms with Gasteiger partial charge in [-0.2, -0.15) is 0 Å². The molecule has 0 radical (unpaired) electrons. The lowest BCUT2D eigenvalue weighted by atomic mass is 9.70. The Hall–Kier alpha value is -0.590. The van der Waals surface area contributed by atoms with E-state index in [0.717, 1.165) is 12.8 Å². The third kappa shape index (κ3) is 4.78. The number of rotatable bonds is 7. The van der Waals surface area contributed by atoms with Crippen molar-refractivity contribution in [3.8, 4) is 0 Å². The largest absolute Gasteiger partial charge is 0.295 e.